The third-order valence-corrected chi connectivity index (χ3v) is 2.34. The van der Waals surface area contributed by atoms with E-state index in [4.69, 9.17) is 10.5 Å². The summed E-state index contributed by atoms with van der Waals surface area (Å²) in [5.41, 5.74) is 6.15. The first-order valence-electron chi connectivity index (χ1n) is 5.18. The van der Waals surface area contributed by atoms with Crippen LogP contribution in [-0.4, -0.2) is 47.4 Å². The van der Waals surface area contributed by atoms with Crippen molar-refractivity contribution < 1.29 is 9.53 Å². The van der Waals surface area contributed by atoms with Crippen LogP contribution in [0.4, 0.5) is 5.82 Å². The number of nitrogens with two attached hydrogens (primary N) is 1. The predicted molar refractivity (Wildman–Crippen MR) is 61.1 cm³/mol. The molecule has 2 N–H and O–H groups in total. The molecule has 0 saturated heterocycles. The summed E-state index contributed by atoms with van der Waals surface area (Å²) < 4.78 is 6.66. The highest BCUT2D eigenvalue weighted by atomic mass is 16.5. The minimum atomic E-state index is -0.134. The Hall–Kier alpha value is -1.56. The van der Waals surface area contributed by atoms with Crippen molar-refractivity contribution in [3.8, 4) is 0 Å². The van der Waals surface area contributed by atoms with Crippen molar-refractivity contribution in [1.82, 2.24) is 14.7 Å². The number of aromatic nitrogens is 2. The molecular weight excluding hydrogens is 208 g/mol. The van der Waals surface area contributed by atoms with Gasteiger partial charge in [0.15, 0.2) is 0 Å². The van der Waals surface area contributed by atoms with E-state index in [9.17, 15) is 4.79 Å². The quantitative estimate of drug-likeness (QED) is 0.723. The zero-order chi connectivity index (χ0) is 12.1. The van der Waals surface area contributed by atoms with Crippen LogP contribution < -0.4 is 5.73 Å². The van der Waals surface area contributed by atoms with E-state index in [0.29, 0.717) is 31.1 Å². The van der Waals surface area contributed by atoms with Crippen molar-refractivity contribution in [1.29, 1.82) is 0 Å². The van der Waals surface area contributed by atoms with Crippen LogP contribution in [0.5, 0.6) is 0 Å². The number of nitrogens with zero attached hydrogens (tertiary/aromatic N) is 3. The van der Waals surface area contributed by atoms with Gasteiger partial charge in [0.2, 0.25) is 0 Å². The van der Waals surface area contributed by atoms with Gasteiger partial charge in [-0.05, 0) is 6.92 Å². The second-order valence-electron chi connectivity index (χ2n) is 3.49. The maximum absolute atomic E-state index is 11.9. The molecule has 1 rings (SSSR count). The Labute approximate surface area is 95.0 Å². The van der Waals surface area contributed by atoms with Crippen molar-refractivity contribution in [2.75, 3.05) is 32.5 Å². The van der Waals surface area contributed by atoms with E-state index in [2.05, 4.69) is 5.10 Å². The van der Waals surface area contributed by atoms with Crippen LogP contribution in [0.2, 0.25) is 0 Å². The fourth-order valence-corrected chi connectivity index (χ4v) is 1.26. The Kier molecular flexibility index (Phi) is 4.30. The first-order valence-corrected chi connectivity index (χ1v) is 5.18. The van der Waals surface area contributed by atoms with Gasteiger partial charge in [-0.2, -0.15) is 5.10 Å². The van der Waals surface area contributed by atoms with Crippen molar-refractivity contribution in [3.63, 3.8) is 0 Å². The van der Waals surface area contributed by atoms with Gasteiger partial charge in [-0.1, -0.05) is 0 Å². The number of carbonyl (C=O) groups is 1. The normalized spacial score (nSPS) is 10.4. The molecule has 0 unspecified atom stereocenters. The number of anilines is 1. The molecule has 1 amide bonds. The predicted octanol–water partition coefficient (Wildman–Crippen LogP) is 0.111. The van der Waals surface area contributed by atoms with Crippen molar-refractivity contribution in [3.05, 3.63) is 11.8 Å². The van der Waals surface area contributed by atoms with Gasteiger partial charge >= 0.3 is 0 Å². The average Bonchev–Trinajstić information content (AvgIpc) is 2.59. The third kappa shape index (κ3) is 2.73. The van der Waals surface area contributed by atoms with Gasteiger partial charge in [0, 0.05) is 27.2 Å². The number of amides is 1. The molecule has 0 radical (unpaired) electrons. The lowest BCUT2D eigenvalue weighted by atomic mass is 10.3. The van der Waals surface area contributed by atoms with Crippen LogP contribution >= 0.6 is 0 Å². The van der Waals surface area contributed by atoms with Gasteiger partial charge in [-0.3, -0.25) is 9.48 Å². The Morgan fingerprint density at radius 2 is 2.38 bits per heavy atom. The van der Waals surface area contributed by atoms with E-state index in [-0.39, 0.29) is 5.91 Å². The first kappa shape index (κ1) is 12.5. The minimum Gasteiger partial charge on any atom is -0.383 e. The lowest BCUT2D eigenvalue weighted by molar-refractivity contribution is 0.0711. The summed E-state index contributed by atoms with van der Waals surface area (Å²) in [6.07, 6.45) is 1.48. The zero-order valence-electron chi connectivity index (χ0n) is 9.93. The molecule has 0 aliphatic carbocycles. The van der Waals surface area contributed by atoms with Gasteiger partial charge < -0.3 is 15.4 Å². The smallest absolute Gasteiger partial charge is 0.259 e. The Morgan fingerprint density at radius 1 is 1.69 bits per heavy atom. The standard InChI is InChI=1S/C10H18N4O2/c1-4-16-6-5-13(2)10(15)8-7-12-14(3)9(8)11/h7H,4-6,11H2,1-3H3. The molecule has 6 nitrogen and oxygen atoms in total. The van der Waals surface area contributed by atoms with Crippen molar-refractivity contribution in [2.45, 2.75) is 6.92 Å². The maximum atomic E-state index is 11.9. The average molecular weight is 226 g/mol. The van der Waals surface area contributed by atoms with E-state index in [1.165, 1.54) is 10.9 Å². The first-order chi connectivity index (χ1) is 7.57. The molecule has 0 aliphatic heterocycles. The van der Waals surface area contributed by atoms with Gasteiger partial charge in [0.1, 0.15) is 11.4 Å². The molecule has 0 aliphatic rings. The molecule has 1 aromatic heterocycles. The highest BCUT2D eigenvalue weighted by Gasteiger charge is 2.17. The lowest BCUT2D eigenvalue weighted by Gasteiger charge is -2.16. The summed E-state index contributed by atoms with van der Waals surface area (Å²) in [5.74, 6) is 0.249. The highest BCUT2D eigenvalue weighted by molar-refractivity contribution is 5.98. The summed E-state index contributed by atoms with van der Waals surface area (Å²) in [5, 5.41) is 3.93. The number of aryl methyl sites for hydroxylation is 1. The van der Waals surface area contributed by atoms with Crippen LogP contribution in [0, 0.1) is 0 Å². The number of hydrogen-bond acceptors (Lipinski definition) is 4. The van der Waals surface area contributed by atoms with Crippen LogP contribution in [0.25, 0.3) is 0 Å². The topological polar surface area (TPSA) is 73.4 Å². The molecule has 0 bridgehead atoms. The summed E-state index contributed by atoms with van der Waals surface area (Å²) in [7, 11) is 3.42. The largest absolute Gasteiger partial charge is 0.383 e. The van der Waals surface area contributed by atoms with Crippen LogP contribution in [0.1, 0.15) is 17.3 Å². The number of likely N-dealkylation sites (N-methyl/N-ethyl adjacent to an activating group) is 1. The fraction of sp³-hybridized carbons (Fsp3) is 0.600. The number of nitrogen functional groups attached to an aromatic ring is 1. The van der Waals surface area contributed by atoms with Gasteiger partial charge in [0.25, 0.3) is 5.91 Å². The molecule has 0 atom stereocenters. The lowest BCUT2D eigenvalue weighted by Crippen LogP contribution is -2.30. The summed E-state index contributed by atoms with van der Waals surface area (Å²) >= 11 is 0. The number of ether oxygens (including phenoxy) is 1. The molecular formula is C10H18N4O2. The van der Waals surface area contributed by atoms with Crippen LogP contribution in [0.3, 0.4) is 0 Å². The van der Waals surface area contributed by atoms with Gasteiger partial charge in [-0.25, -0.2) is 0 Å². The van der Waals surface area contributed by atoms with Crippen molar-refractivity contribution >= 4 is 11.7 Å². The summed E-state index contributed by atoms with van der Waals surface area (Å²) in [4.78, 5) is 13.5. The van der Waals surface area contributed by atoms with E-state index < -0.39 is 0 Å². The van der Waals surface area contributed by atoms with E-state index in [0.717, 1.165) is 0 Å². The van der Waals surface area contributed by atoms with E-state index in [1.807, 2.05) is 6.92 Å². The number of carbonyl (C=O) groups excluding carboxylic acids is 1. The molecule has 6 heteroatoms. The molecule has 0 spiro atoms. The summed E-state index contributed by atoms with van der Waals surface area (Å²) in [6.45, 7) is 3.64. The molecule has 0 fully saturated rings. The SMILES string of the molecule is CCOCCN(C)C(=O)c1cnn(C)c1N. The van der Waals surface area contributed by atoms with Gasteiger partial charge in [0.05, 0.1) is 12.8 Å². The van der Waals surface area contributed by atoms with E-state index in [1.54, 1.807) is 19.0 Å². The fourth-order valence-electron chi connectivity index (χ4n) is 1.26. The van der Waals surface area contributed by atoms with Crippen LogP contribution in [0.15, 0.2) is 6.20 Å². The zero-order valence-corrected chi connectivity index (χ0v) is 9.93. The Bertz CT molecular complexity index is 362. The molecule has 0 aromatic carbocycles. The van der Waals surface area contributed by atoms with Crippen molar-refractivity contribution in [2.24, 2.45) is 7.05 Å². The number of rotatable bonds is 5. The Balaban J connectivity index is 2.60. The third-order valence-electron chi connectivity index (χ3n) is 2.34. The molecule has 1 aromatic rings. The number of hydrogen-bond donors (Lipinski definition) is 1. The second kappa shape index (κ2) is 5.50. The molecule has 1 heterocycles. The maximum Gasteiger partial charge on any atom is 0.259 e. The van der Waals surface area contributed by atoms with Gasteiger partial charge in [-0.15, -0.1) is 0 Å². The molecule has 0 saturated carbocycles. The van der Waals surface area contributed by atoms with Crippen LogP contribution in [-0.2, 0) is 11.8 Å². The molecule has 16 heavy (non-hydrogen) atoms. The summed E-state index contributed by atoms with van der Waals surface area (Å²) in [6, 6.07) is 0. The highest BCUT2D eigenvalue weighted by Crippen LogP contribution is 2.11. The monoisotopic (exact) mass is 226 g/mol. The molecule has 90 valence electrons. The van der Waals surface area contributed by atoms with E-state index >= 15 is 0 Å². The second-order valence-corrected chi connectivity index (χ2v) is 3.49. The minimum absolute atomic E-state index is 0.134. The Morgan fingerprint density at radius 3 is 2.88 bits per heavy atom.